The van der Waals surface area contributed by atoms with Gasteiger partial charge in [0.05, 0.1) is 6.61 Å². The molecular formula is C17H29NO2. The van der Waals surface area contributed by atoms with Gasteiger partial charge in [-0.1, -0.05) is 39.0 Å². The molecule has 0 fully saturated rings. The van der Waals surface area contributed by atoms with Gasteiger partial charge in [-0.25, -0.2) is 0 Å². The molecule has 0 amide bonds. The second-order valence-corrected chi connectivity index (χ2v) is 5.43. The normalized spacial score (nSPS) is 11.0. The number of para-hydroxylation sites is 1. The Morgan fingerprint density at radius 3 is 2.65 bits per heavy atom. The summed E-state index contributed by atoms with van der Waals surface area (Å²) >= 11 is 0. The van der Waals surface area contributed by atoms with E-state index in [1.807, 2.05) is 12.1 Å². The lowest BCUT2D eigenvalue weighted by Gasteiger charge is -2.12. The molecule has 0 bridgehead atoms. The van der Waals surface area contributed by atoms with Crippen molar-refractivity contribution in [1.82, 2.24) is 5.32 Å². The minimum absolute atomic E-state index is 0.614. The minimum Gasteiger partial charge on any atom is -0.491 e. The summed E-state index contributed by atoms with van der Waals surface area (Å²) in [6, 6.07) is 8.20. The van der Waals surface area contributed by atoms with Gasteiger partial charge >= 0.3 is 0 Å². The van der Waals surface area contributed by atoms with E-state index >= 15 is 0 Å². The van der Waals surface area contributed by atoms with E-state index in [-0.39, 0.29) is 0 Å². The van der Waals surface area contributed by atoms with Crippen LogP contribution in [0.4, 0.5) is 0 Å². The molecule has 0 saturated carbocycles. The van der Waals surface area contributed by atoms with Gasteiger partial charge in [0.1, 0.15) is 12.4 Å². The van der Waals surface area contributed by atoms with Gasteiger partial charge < -0.3 is 14.8 Å². The lowest BCUT2D eigenvalue weighted by molar-refractivity contribution is 0.0922. The Morgan fingerprint density at radius 1 is 1.10 bits per heavy atom. The van der Waals surface area contributed by atoms with Gasteiger partial charge in [0.2, 0.25) is 0 Å². The molecular weight excluding hydrogens is 250 g/mol. The van der Waals surface area contributed by atoms with E-state index in [4.69, 9.17) is 9.47 Å². The Morgan fingerprint density at radius 2 is 1.90 bits per heavy atom. The molecule has 0 aliphatic carbocycles. The first-order chi connectivity index (χ1) is 9.74. The summed E-state index contributed by atoms with van der Waals surface area (Å²) in [6.07, 6.45) is 2.25. The van der Waals surface area contributed by atoms with E-state index in [1.165, 1.54) is 5.56 Å². The molecule has 3 nitrogen and oxygen atoms in total. The van der Waals surface area contributed by atoms with Gasteiger partial charge in [-0.2, -0.15) is 0 Å². The molecule has 0 aliphatic heterocycles. The largest absolute Gasteiger partial charge is 0.491 e. The Kier molecular flexibility index (Phi) is 9.09. The van der Waals surface area contributed by atoms with Crippen molar-refractivity contribution in [2.75, 3.05) is 26.4 Å². The first kappa shape index (κ1) is 17.0. The van der Waals surface area contributed by atoms with Crippen molar-refractivity contribution in [1.29, 1.82) is 0 Å². The van der Waals surface area contributed by atoms with Crippen molar-refractivity contribution < 1.29 is 9.47 Å². The van der Waals surface area contributed by atoms with E-state index in [0.717, 1.165) is 38.3 Å². The van der Waals surface area contributed by atoms with E-state index in [2.05, 4.69) is 38.2 Å². The zero-order valence-electron chi connectivity index (χ0n) is 13.2. The SMILES string of the molecule is CCCNCc1ccccc1OCCOCCC(C)C. The maximum absolute atomic E-state index is 5.81. The van der Waals surface area contributed by atoms with E-state index in [9.17, 15) is 0 Å². The van der Waals surface area contributed by atoms with Crippen LogP contribution >= 0.6 is 0 Å². The third-order valence-corrected chi connectivity index (χ3v) is 3.04. The van der Waals surface area contributed by atoms with Crippen LogP contribution in [0.1, 0.15) is 39.2 Å². The highest BCUT2D eigenvalue weighted by Crippen LogP contribution is 2.17. The zero-order valence-corrected chi connectivity index (χ0v) is 13.2. The Labute approximate surface area is 123 Å². The van der Waals surface area contributed by atoms with E-state index in [0.29, 0.717) is 19.1 Å². The fourth-order valence-electron chi connectivity index (χ4n) is 1.82. The quantitative estimate of drug-likeness (QED) is 0.627. The van der Waals surface area contributed by atoms with Gasteiger partial charge in [0, 0.05) is 18.7 Å². The molecule has 0 radical (unpaired) electrons. The molecule has 114 valence electrons. The number of hydrogen-bond donors (Lipinski definition) is 1. The molecule has 0 unspecified atom stereocenters. The Bertz CT molecular complexity index is 353. The summed E-state index contributed by atoms with van der Waals surface area (Å²) in [7, 11) is 0. The monoisotopic (exact) mass is 279 g/mol. The minimum atomic E-state index is 0.614. The molecule has 0 atom stereocenters. The van der Waals surface area contributed by atoms with Crippen molar-refractivity contribution in [3.05, 3.63) is 29.8 Å². The van der Waals surface area contributed by atoms with Crippen LogP contribution in [0.25, 0.3) is 0 Å². The van der Waals surface area contributed by atoms with Gasteiger partial charge in [0.15, 0.2) is 0 Å². The average Bonchev–Trinajstić information content (AvgIpc) is 2.44. The van der Waals surface area contributed by atoms with Crippen LogP contribution in [0.3, 0.4) is 0 Å². The van der Waals surface area contributed by atoms with Gasteiger partial charge in [0.25, 0.3) is 0 Å². The molecule has 1 N–H and O–H groups in total. The van der Waals surface area contributed by atoms with Crippen LogP contribution in [-0.4, -0.2) is 26.4 Å². The summed E-state index contributed by atoms with van der Waals surface area (Å²) in [4.78, 5) is 0. The van der Waals surface area contributed by atoms with Crippen molar-refractivity contribution in [2.45, 2.75) is 40.2 Å². The molecule has 1 aromatic carbocycles. The highest BCUT2D eigenvalue weighted by atomic mass is 16.5. The maximum Gasteiger partial charge on any atom is 0.123 e. The second-order valence-electron chi connectivity index (χ2n) is 5.43. The van der Waals surface area contributed by atoms with E-state index < -0.39 is 0 Å². The summed E-state index contributed by atoms with van der Waals surface area (Å²) in [6.45, 7) is 10.6. The van der Waals surface area contributed by atoms with Crippen LogP contribution in [0.15, 0.2) is 24.3 Å². The molecule has 3 heteroatoms. The van der Waals surface area contributed by atoms with Crippen LogP contribution in [-0.2, 0) is 11.3 Å². The lowest BCUT2D eigenvalue weighted by Crippen LogP contribution is -2.15. The van der Waals surface area contributed by atoms with Crippen LogP contribution in [0.2, 0.25) is 0 Å². The topological polar surface area (TPSA) is 30.5 Å². The third-order valence-electron chi connectivity index (χ3n) is 3.04. The molecule has 0 aromatic heterocycles. The fraction of sp³-hybridized carbons (Fsp3) is 0.647. The summed E-state index contributed by atoms with van der Waals surface area (Å²) < 4.78 is 11.4. The fourth-order valence-corrected chi connectivity index (χ4v) is 1.82. The lowest BCUT2D eigenvalue weighted by atomic mass is 10.1. The van der Waals surface area contributed by atoms with Gasteiger partial charge in [-0.3, -0.25) is 0 Å². The first-order valence-corrected chi connectivity index (χ1v) is 7.73. The van der Waals surface area contributed by atoms with Crippen LogP contribution in [0, 0.1) is 5.92 Å². The number of rotatable bonds is 11. The first-order valence-electron chi connectivity index (χ1n) is 7.73. The number of ether oxygens (including phenoxy) is 2. The molecule has 0 aliphatic rings. The summed E-state index contributed by atoms with van der Waals surface area (Å²) in [5.74, 6) is 1.66. The van der Waals surface area contributed by atoms with Crippen molar-refractivity contribution in [2.24, 2.45) is 5.92 Å². The smallest absolute Gasteiger partial charge is 0.123 e. The van der Waals surface area contributed by atoms with Gasteiger partial charge in [-0.15, -0.1) is 0 Å². The highest BCUT2D eigenvalue weighted by molar-refractivity contribution is 5.33. The highest BCUT2D eigenvalue weighted by Gasteiger charge is 2.02. The van der Waals surface area contributed by atoms with E-state index in [1.54, 1.807) is 0 Å². The average molecular weight is 279 g/mol. The molecule has 20 heavy (non-hydrogen) atoms. The summed E-state index contributed by atoms with van der Waals surface area (Å²) in [5.41, 5.74) is 1.21. The van der Waals surface area contributed by atoms with Crippen LogP contribution < -0.4 is 10.1 Å². The number of benzene rings is 1. The maximum atomic E-state index is 5.81. The van der Waals surface area contributed by atoms with Crippen molar-refractivity contribution in [3.63, 3.8) is 0 Å². The molecule has 0 heterocycles. The third kappa shape index (κ3) is 7.51. The standard InChI is InChI=1S/C17H29NO2/c1-4-10-18-14-16-7-5-6-8-17(16)20-13-12-19-11-9-15(2)3/h5-8,15,18H,4,9-14H2,1-3H3. The molecule has 1 aromatic rings. The number of nitrogens with one attached hydrogen (secondary N) is 1. The predicted octanol–water partition coefficient (Wildman–Crippen LogP) is 3.63. The second kappa shape index (κ2) is 10.7. The van der Waals surface area contributed by atoms with Crippen molar-refractivity contribution in [3.8, 4) is 5.75 Å². The zero-order chi connectivity index (χ0) is 14.6. The van der Waals surface area contributed by atoms with Gasteiger partial charge in [-0.05, 0) is 31.4 Å². The Hall–Kier alpha value is -1.06. The summed E-state index contributed by atoms with van der Waals surface area (Å²) in [5, 5.41) is 3.40. The Balaban J connectivity index is 2.25. The molecule has 0 saturated heterocycles. The van der Waals surface area contributed by atoms with Crippen LogP contribution in [0.5, 0.6) is 5.75 Å². The molecule has 1 rings (SSSR count). The molecule has 0 spiro atoms. The van der Waals surface area contributed by atoms with Crippen molar-refractivity contribution >= 4 is 0 Å². The predicted molar refractivity (Wildman–Crippen MR) is 84.2 cm³/mol. The number of hydrogen-bond acceptors (Lipinski definition) is 3.